The Morgan fingerprint density at radius 3 is 2.32 bits per heavy atom. The molecule has 3 N–H and O–H groups in total. The first-order chi connectivity index (χ1) is 13.3. The lowest BCUT2D eigenvalue weighted by Crippen LogP contribution is -2.06. The highest BCUT2D eigenvalue weighted by Crippen LogP contribution is 2.33. The second kappa shape index (κ2) is 7.96. The van der Waals surface area contributed by atoms with Crippen LogP contribution in [-0.4, -0.2) is 26.0 Å². The van der Waals surface area contributed by atoms with Gasteiger partial charge in [-0.2, -0.15) is 0 Å². The SMILES string of the molecule is O=C(O)c1ccc(Nc2ncnc(Nc3ccc(Br)cc3F)c2[N+](=O)[O-])cc1. The van der Waals surface area contributed by atoms with Gasteiger partial charge in [-0.05, 0) is 42.5 Å². The molecule has 2 aromatic carbocycles. The normalized spacial score (nSPS) is 10.4. The van der Waals surface area contributed by atoms with Gasteiger partial charge in [-0.25, -0.2) is 19.2 Å². The number of nitro groups is 1. The van der Waals surface area contributed by atoms with E-state index in [0.717, 1.165) is 6.33 Å². The van der Waals surface area contributed by atoms with Crippen LogP contribution < -0.4 is 10.6 Å². The van der Waals surface area contributed by atoms with Crippen LogP contribution in [0.3, 0.4) is 0 Å². The van der Waals surface area contributed by atoms with E-state index in [-0.39, 0.29) is 22.9 Å². The molecule has 0 radical (unpaired) electrons. The smallest absolute Gasteiger partial charge is 0.353 e. The van der Waals surface area contributed by atoms with Crippen molar-refractivity contribution in [3.05, 3.63) is 74.8 Å². The number of rotatable bonds is 6. The van der Waals surface area contributed by atoms with Gasteiger partial charge in [0.1, 0.15) is 12.1 Å². The van der Waals surface area contributed by atoms with Gasteiger partial charge in [0.2, 0.25) is 11.6 Å². The molecule has 0 amide bonds. The Morgan fingerprint density at radius 1 is 1.11 bits per heavy atom. The molecule has 0 saturated heterocycles. The minimum absolute atomic E-state index is 0.00163. The molecule has 11 heteroatoms. The van der Waals surface area contributed by atoms with Crippen molar-refractivity contribution in [1.29, 1.82) is 0 Å². The van der Waals surface area contributed by atoms with Gasteiger partial charge in [-0.15, -0.1) is 0 Å². The average molecular weight is 448 g/mol. The van der Waals surface area contributed by atoms with E-state index < -0.39 is 22.4 Å². The molecule has 0 atom stereocenters. The molecule has 0 fully saturated rings. The molecule has 9 nitrogen and oxygen atoms in total. The minimum atomic E-state index is -1.09. The molecule has 3 rings (SSSR count). The van der Waals surface area contributed by atoms with Gasteiger partial charge < -0.3 is 15.7 Å². The van der Waals surface area contributed by atoms with E-state index in [1.807, 2.05) is 0 Å². The van der Waals surface area contributed by atoms with Crippen LogP contribution in [0.1, 0.15) is 10.4 Å². The third-order valence-electron chi connectivity index (χ3n) is 3.58. The van der Waals surface area contributed by atoms with Crippen molar-refractivity contribution in [3.63, 3.8) is 0 Å². The molecule has 1 heterocycles. The number of benzene rings is 2. The zero-order chi connectivity index (χ0) is 20.3. The molecule has 0 saturated carbocycles. The predicted molar refractivity (Wildman–Crippen MR) is 103 cm³/mol. The Hall–Kier alpha value is -3.60. The van der Waals surface area contributed by atoms with Crippen molar-refractivity contribution in [1.82, 2.24) is 9.97 Å². The summed E-state index contributed by atoms with van der Waals surface area (Å²) in [6.07, 6.45) is 1.08. The summed E-state index contributed by atoms with van der Waals surface area (Å²) in [7, 11) is 0. The van der Waals surface area contributed by atoms with Gasteiger partial charge in [-0.3, -0.25) is 10.1 Å². The van der Waals surface area contributed by atoms with Crippen molar-refractivity contribution in [2.24, 2.45) is 0 Å². The zero-order valence-electron chi connectivity index (χ0n) is 13.9. The van der Waals surface area contributed by atoms with Crippen molar-refractivity contribution in [2.75, 3.05) is 10.6 Å². The molecule has 28 heavy (non-hydrogen) atoms. The topological polar surface area (TPSA) is 130 Å². The second-order valence-corrected chi connectivity index (χ2v) is 6.35. The fourth-order valence-electron chi connectivity index (χ4n) is 2.29. The van der Waals surface area contributed by atoms with Gasteiger partial charge in [0.25, 0.3) is 0 Å². The number of carbonyl (C=O) groups is 1. The van der Waals surface area contributed by atoms with Crippen LogP contribution >= 0.6 is 15.9 Å². The third-order valence-corrected chi connectivity index (χ3v) is 4.08. The lowest BCUT2D eigenvalue weighted by atomic mass is 10.2. The van der Waals surface area contributed by atoms with Crippen LogP contribution in [-0.2, 0) is 0 Å². The standard InChI is InChI=1S/C17H11BrFN5O4/c18-10-3-6-13(12(19)7-10)23-16-14(24(27)28)15(20-8-21-16)22-11-4-1-9(2-5-11)17(25)26/h1-8H,(H,25,26)(H2,20,21,22,23). The highest BCUT2D eigenvalue weighted by Gasteiger charge is 2.24. The summed E-state index contributed by atoms with van der Waals surface area (Å²) in [5, 5.41) is 25.8. The number of carboxylic acids is 1. The Kier molecular flexibility index (Phi) is 5.45. The first-order valence-corrected chi connectivity index (χ1v) is 8.46. The van der Waals surface area contributed by atoms with Crippen molar-refractivity contribution >= 4 is 50.6 Å². The van der Waals surface area contributed by atoms with Crippen LogP contribution in [0.25, 0.3) is 0 Å². The van der Waals surface area contributed by atoms with E-state index in [1.54, 1.807) is 6.07 Å². The highest BCUT2D eigenvalue weighted by molar-refractivity contribution is 9.10. The monoisotopic (exact) mass is 447 g/mol. The number of halogens is 2. The number of carboxylic acid groups (broad SMARTS) is 1. The highest BCUT2D eigenvalue weighted by atomic mass is 79.9. The number of anilines is 4. The molecule has 0 bridgehead atoms. The number of aromatic nitrogens is 2. The van der Waals surface area contributed by atoms with Crippen LogP contribution in [0.4, 0.5) is 33.1 Å². The van der Waals surface area contributed by atoms with Crippen LogP contribution in [0, 0.1) is 15.9 Å². The maximum Gasteiger partial charge on any atom is 0.353 e. The summed E-state index contributed by atoms with van der Waals surface area (Å²) in [5.74, 6) is -2.06. The Morgan fingerprint density at radius 2 is 1.75 bits per heavy atom. The summed E-state index contributed by atoms with van der Waals surface area (Å²) in [4.78, 5) is 29.5. The molecule has 0 unspecified atom stereocenters. The minimum Gasteiger partial charge on any atom is -0.478 e. The fourth-order valence-corrected chi connectivity index (χ4v) is 2.62. The van der Waals surface area contributed by atoms with E-state index in [9.17, 15) is 19.3 Å². The quantitative estimate of drug-likeness (QED) is 0.372. The summed E-state index contributed by atoms with van der Waals surface area (Å²) < 4.78 is 14.6. The average Bonchev–Trinajstić information content (AvgIpc) is 2.64. The zero-order valence-corrected chi connectivity index (χ0v) is 15.5. The maximum atomic E-state index is 14.1. The first-order valence-electron chi connectivity index (χ1n) is 7.67. The Labute approximate surface area is 165 Å². The van der Waals surface area contributed by atoms with E-state index in [1.165, 1.54) is 36.4 Å². The van der Waals surface area contributed by atoms with Crippen molar-refractivity contribution < 1.29 is 19.2 Å². The van der Waals surface area contributed by atoms with Gasteiger partial charge >= 0.3 is 11.7 Å². The summed E-state index contributed by atoms with van der Waals surface area (Å²) in [5.41, 5.74) is -0.0442. The van der Waals surface area contributed by atoms with E-state index >= 15 is 0 Å². The van der Waals surface area contributed by atoms with Crippen LogP contribution in [0.5, 0.6) is 0 Å². The molecule has 0 spiro atoms. The van der Waals surface area contributed by atoms with E-state index in [4.69, 9.17) is 5.11 Å². The molecule has 0 aliphatic carbocycles. The van der Waals surface area contributed by atoms with Gasteiger partial charge in [0.05, 0.1) is 16.2 Å². The molecular formula is C17H11BrFN5O4. The Balaban J connectivity index is 1.95. The Bertz CT molecular complexity index is 1060. The largest absolute Gasteiger partial charge is 0.478 e. The van der Waals surface area contributed by atoms with E-state index in [2.05, 4.69) is 36.5 Å². The molecule has 3 aromatic rings. The first kappa shape index (κ1) is 19.2. The van der Waals surface area contributed by atoms with Crippen molar-refractivity contribution in [2.45, 2.75) is 0 Å². The molecule has 142 valence electrons. The van der Waals surface area contributed by atoms with Crippen LogP contribution in [0.2, 0.25) is 0 Å². The number of hydrogen-bond donors (Lipinski definition) is 3. The lowest BCUT2D eigenvalue weighted by molar-refractivity contribution is -0.383. The summed E-state index contributed by atoms with van der Waals surface area (Å²) >= 11 is 3.13. The number of hydrogen-bond acceptors (Lipinski definition) is 7. The number of nitrogens with zero attached hydrogens (tertiary/aromatic N) is 3. The molecule has 0 aliphatic rings. The number of nitrogens with one attached hydrogen (secondary N) is 2. The van der Waals surface area contributed by atoms with Gasteiger partial charge in [0.15, 0.2) is 0 Å². The van der Waals surface area contributed by atoms with E-state index in [0.29, 0.717) is 10.2 Å². The second-order valence-electron chi connectivity index (χ2n) is 5.43. The molecule has 1 aromatic heterocycles. The third kappa shape index (κ3) is 4.20. The summed E-state index contributed by atoms with van der Waals surface area (Å²) in [6.45, 7) is 0. The van der Waals surface area contributed by atoms with Crippen LogP contribution in [0.15, 0.2) is 53.3 Å². The number of aromatic carboxylic acids is 1. The van der Waals surface area contributed by atoms with Crippen molar-refractivity contribution in [3.8, 4) is 0 Å². The van der Waals surface area contributed by atoms with Gasteiger partial charge in [-0.1, -0.05) is 15.9 Å². The molecular weight excluding hydrogens is 437 g/mol. The summed E-state index contributed by atoms with van der Waals surface area (Å²) in [6, 6.07) is 9.75. The lowest BCUT2D eigenvalue weighted by Gasteiger charge is -2.11. The predicted octanol–water partition coefficient (Wildman–Crippen LogP) is 4.47. The van der Waals surface area contributed by atoms with Gasteiger partial charge in [0, 0.05) is 10.2 Å². The molecule has 0 aliphatic heterocycles. The fraction of sp³-hybridized carbons (Fsp3) is 0. The maximum absolute atomic E-state index is 14.1.